The fourth-order valence-electron chi connectivity index (χ4n) is 2.40. The van der Waals surface area contributed by atoms with Gasteiger partial charge in [-0.2, -0.15) is 5.10 Å². The third-order valence-corrected chi connectivity index (χ3v) is 3.61. The summed E-state index contributed by atoms with van der Waals surface area (Å²) in [4.78, 5) is 12.3. The molecular formula is C16H18N4O3. The largest absolute Gasteiger partial charge is 0.467 e. The topological polar surface area (TPSA) is 86.1 Å². The fraction of sp³-hybridized carbons (Fsp3) is 0.312. The molecule has 1 amide bonds. The molecule has 7 nitrogen and oxygen atoms in total. The van der Waals surface area contributed by atoms with Gasteiger partial charge in [0.1, 0.15) is 11.5 Å². The average molecular weight is 314 g/mol. The zero-order valence-electron chi connectivity index (χ0n) is 13.3. The first-order chi connectivity index (χ1) is 11.0. The van der Waals surface area contributed by atoms with Crippen LogP contribution in [0.25, 0.3) is 0 Å². The van der Waals surface area contributed by atoms with Gasteiger partial charge in [-0.15, -0.1) is 0 Å². The highest BCUT2D eigenvalue weighted by atomic mass is 16.5. The lowest BCUT2D eigenvalue weighted by Gasteiger charge is -2.06. The van der Waals surface area contributed by atoms with Gasteiger partial charge in [-0.05, 0) is 39.0 Å². The fourth-order valence-corrected chi connectivity index (χ4v) is 2.40. The third kappa shape index (κ3) is 3.18. The number of hydrogen-bond donors (Lipinski definition) is 1. The van der Waals surface area contributed by atoms with Crippen LogP contribution in [0.5, 0.6) is 0 Å². The van der Waals surface area contributed by atoms with Crippen molar-refractivity contribution in [1.29, 1.82) is 0 Å². The van der Waals surface area contributed by atoms with Crippen molar-refractivity contribution >= 4 is 5.91 Å². The molecule has 0 saturated carbocycles. The molecule has 7 heteroatoms. The van der Waals surface area contributed by atoms with Gasteiger partial charge in [0, 0.05) is 11.3 Å². The van der Waals surface area contributed by atoms with Gasteiger partial charge in [0.25, 0.3) is 5.91 Å². The zero-order chi connectivity index (χ0) is 16.4. The van der Waals surface area contributed by atoms with E-state index < -0.39 is 0 Å². The minimum absolute atomic E-state index is 0.279. The van der Waals surface area contributed by atoms with Crippen molar-refractivity contribution in [2.45, 2.75) is 33.9 Å². The molecule has 0 atom stereocenters. The summed E-state index contributed by atoms with van der Waals surface area (Å²) in [5, 5.41) is 11.1. The normalized spacial score (nSPS) is 10.9. The molecule has 120 valence electrons. The van der Waals surface area contributed by atoms with Crippen molar-refractivity contribution in [1.82, 2.24) is 20.3 Å². The molecule has 0 saturated heterocycles. The number of carbonyl (C=O) groups excluding carboxylic acids is 1. The molecule has 0 radical (unpaired) electrons. The third-order valence-electron chi connectivity index (χ3n) is 3.61. The van der Waals surface area contributed by atoms with Crippen LogP contribution in [-0.4, -0.2) is 20.8 Å². The predicted molar refractivity (Wildman–Crippen MR) is 81.9 cm³/mol. The van der Waals surface area contributed by atoms with Gasteiger partial charge >= 0.3 is 0 Å². The Morgan fingerprint density at radius 2 is 2.17 bits per heavy atom. The van der Waals surface area contributed by atoms with Crippen LogP contribution in [0.15, 0.2) is 33.4 Å². The number of amides is 1. The molecule has 0 spiro atoms. The standard InChI is InChI=1S/C16H18N4O3/c1-10-7-11(2)20(18-10)9-14-12(3)23-19-15(14)16(21)17-8-13-5-4-6-22-13/h4-7H,8-9H2,1-3H3,(H,17,21). The monoisotopic (exact) mass is 314 g/mol. The van der Waals surface area contributed by atoms with Crippen molar-refractivity contribution < 1.29 is 13.7 Å². The van der Waals surface area contributed by atoms with Crippen LogP contribution in [0.4, 0.5) is 0 Å². The Labute approximate surface area is 133 Å². The second-order valence-electron chi connectivity index (χ2n) is 5.41. The molecular weight excluding hydrogens is 296 g/mol. The number of hydrogen-bond acceptors (Lipinski definition) is 5. The van der Waals surface area contributed by atoms with E-state index >= 15 is 0 Å². The van der Waals surface area contributed by atoms with Gasteiger partial charge in [-0.25, -0.2) is 0 Å². The molecule has 3 rings (SSSR count). The number of furan rings is 1. The molecule has 0 aliphatic rings. The summed E-state index contributed by atoms with van der Waals surface area (Å²) < 4.78 is 12.2. The van der Waals surface area contributed by atoms with Crippen LogP contribution in [-0.2, 0) is 13.1 Å². The number of nitrogens with one attached hydrogen (secondary N) is 1. The van der Waals surface area contributed by atoms with Gasteiger partial charge in [0.2, 0.25) is 0 Å². The second kappa shape index (κ2) is 6.12. The first kappa shape index (κ1) is 15.1. The van der Waals surface area contributed by atoms with E-state index in [0.29, 0.717) is 24.6 Å². The molecule has 0 aliphatic heterocycles. The predicted octanol–water partition coefficient (Wildman–Crippen LogP) is 2.37. The summed E-state index contributed by atoms with van der Waals surface area (Å²) in [7, 11) is 0. The smallest absolute Gasteiger partial charge is 0.274 e. The first-order valence-electron chi connectivity index (χ1n) is 7.31. The maximum atomic E-state index is 12.3. The van der Waals surface area contributed by atoms with E-state index in [2.05, 4.69) is 15.6 Å². The molecule has 0 aromatic carbocycles. The Morgan fingerprint density at radius 3 is 2.83 bits per heavy atom. The number of carbonyl (C=O) groups is 1. The highest BCUT2D eigenvalue weighted by Crippen LogP contribution is 2.16. The molecule has 3 aromatic heterocycles. The van der Waals surface area contributed by atoms with Crippen LogP contribution in [0.3, 0.4) is 0 Å². The van der Waals surface area contributed by atoms with Crippen molar-refractivity contribution in [3.63, 3.8) is 0 Å². The Kier molecular flexibility index (Phi) is 4.01. The van der Waals surface area contributed by atoms with Crippen LogP contribution in [0.2, 0.25) is 0 Å². The Hall–Kier alpha value is -2.83. The van der Waals surface area contributed by atoms with E-state index in [1.54, 1.807) is 25.3 Å². The quantitative estimate of drug-likeness (QED) is 0.781. The summed E-state index contributed by atoms with van der Waals surface area (Å²) >= 11 is 0. The summed E-state index contributed by atoms with van der Waals surface area (Å²) in [5.74, 6) is 0.995. The summed E-state index contributed by atoms with van der Waals surface area (Å²) in [6.07, 6.45) is 1.57. The Bertz CT molecular complexity index is 815. The van der Waals surface area contributed by atoms with Crippen LogP contribution < -0.4 is 5.32 Å². The Balaban J connectivity index is 1.78. The lowest BCUT2D eigenvalue weighted by atomic mass is 10.2. The maximum absolute atomic E-state index is 12.3. The van der Waals surface area contributed by atoms with Gasteiger partial charge in [0.15, 0.2) is 5.69 Å². The molecule has 3 aromatic rings. The number of aryl methyl sites for hydroxylation is 3. The molecule has 0 unspecified atom stereocenters. The SMILES string of the molecule is Cc1cc(C)n(Cc2c(C(=O)NCc3ccco3)noc2C)n1. The van der Waals surface area contributed by atoms with Gasteiger partial charge in [-0.1, -0.05) is 5.16 Å². The van der Waals surface area contributed by atoms with Crippen LogP contribution in [0.1, 0.15) is 39.0 Å². The average Bonchev–Trinajstić information content (AvgIpc) is 3.21. The van der Waals surface area contributed by atoms with E-state index in [0.717, 1.165) is 17.0 Å². The number of nitrogens with zero attached hydrogens (tertiary/aromatic N) is 3. The number of rotatable bonds is 5. The van der Waals surface area contributed by atoms with Gasteiger partial charge in [0.05, 0.1) is 25.0 Å². The van der Waals surface area contributed by atoms with Crippen molar-refractivity contribution in [2.75, 3.05) is 0 Å². The summed E-state index contributed by atoms with van der Waals surface area (Å²) in [6, 6.07) is 5.56. The van der Waals surface area contributed by atoms with E-state index in [1.807, 2.05) is 24.6 Å². The molecule has 1 N–H and O–H groups in total. The first-order valence-corrected chi connectivity index (χ1v) is 7.31. The van der Waals surface area contributed by atoms with Gasteiger partial charge < -0.3 is 14.3 Å². The highest BCUT2D eigenvalue weighted by Gasteiger charge is 2.21. The molecule has 0 fully saturated rings. The second-order valence-corrected chi connectivity index (χ2v) is 5.41. The number of aromatic nitrogens is 3. The molecule has 0 aliphatic carbocycles. The van der Waals surface area contributed by atoms with Crippen molar-refractivity contribution in [3.05, 3.63) is 58.6 Å². The van der Waals surface area contributed by atoms with E-state index in [1.165, 1.54) is 0 Å². The van der Waals surface area contributed by atoms with Crippen LogP contribution >= 0.6 is 0 Å². The van der Waals surface area contributed by atoms with E-state index in [4.69, 9.17) is 8.94 Å². The lowest BCUT2D eigenvalue weighted by molar-refractivity contribution is 0.0938. The van der Waals surface area contributed by atoms with Crippen molar-refractivity contribution in [3.8, 4) is 0 Å². The minimum Gasteiger partial charge on any atom is -0.467 e. The maximum Gasteiger partial charge on any atom is 0.274 e. The molecule has 3 heterocycles. The molecule has 23 heavy (non-hydrogen) atoms. The van der Waals surface area contributed by atoms with Crippen LogP contribution in [0, 0.1) is 20.8 Å². The zero-order valence-corrected chi connectivity index (χ0v) is 13.3. The van der Waals surface area contributed by atoms with Gasteiger partial charge in [-0.3, -0.25) is 9.48 Å². The lowest BCUT2D eigenvalue weighted by Crippen LogP contribution is -2.24. The van der Waals surface area contributed by atoms with E-state index in [9.17, 15) is 4.79 Å². The Morgan fingerprint density at radius 1 is 1.35 bits per heavy atom. The molecule has 0 bridgehead atoms. The van der Waals surface area contributed by atoms with Crippen molar-refractivity contribution in [2.24, 2.45) is 0 Å². The van der Waals surface area contributed by atoms with E-state index in [-0.39, 0.29) is 11.6 Å². The minimum atomic E-state index is -0.296. The highest BCUT2D eigenvalue weighted by molar-refractivity contribution is 5.93. The summed E-state index contributed by atoms with van der Waals surface area (Å²) in [6.45, 7) is 6.44. The summed E-state index contributed by atoms with van der Waals surface area (Å²) in [5.41, 5.74) is 2.96.